The van der Waals surface area contributed by atoms with Gasteiger partial charge in [-0.3, -0.25) is 4.90 Å². The van der Waals surface area contributed by atoms with Crippen LogP contribution in [0.15, 0.2) is 42.5 Å². The van der Waals surface area contributed by atoms with E-state index in [9.17, 15) is 22.8 Å². The topological polar surface area (TPSA) is 88.1 Å². The number of rotatable bonds is 6. The third-order valence-corrected chi connectivity index (χ3v) is 3.63. The lowest BCUT2D eigenvalue weighted by molar-refractivity contribution is -0.274. The van der Waals surface area contributed by atoms with Crippen LogP contribution in [0, 0.1) is 0 Å². The molecule has 0 unspecified atom stereocenters. The molecule has 10 heteroatoms. The predicted molar refractivity (Wildman–Crippen MR) is 95.1 cm³/mol. The second-order valence-corrected chi connectivity index (χ2v) is 5.44. The molecule has 0 saturated heterocycles. The molecule has 7 nitrogen and oxygen atoms in total. The summed E-state index contributed by atoms with van der Waals surface area (Å²) in [4.78, 5) is 24.9. The van der Waals surface area contributed by atoms with E-state index in [4.69, 9.17) is 9.84 Å². The molecule has 0 radical (unpaired) electrons. The number of carboxylic acid groups (broad SMARTS) is 1. The molecule has 0 fully saturated rings. The first-order chi connectivity index (χ1) is 13.1. The minimum Gasteiger partial charge on any atom is -0.496 e. The molecule has 0 heterocycles. The fourth-order valence-electron chi connectivity index (χ4n) is 2.41. The summed E-state index contributed by atoms with van der Waals surface area (Å²) in [6.45, 7) is 1.92. The Morgan fingerprint density at radius 3 is 2.29 bits per heavy atom. The third-order valence-electron chi connectivity index (χ3n) is 3.63. The summed E-state index contributed by atoms with van der Waals surface area (Å²) in [7, 11) is 1.30. The van der Waals surface area contributed by atoms with Crippen molar-refractivity contribution in [3.05, 3.63) is 48.0 Å². The van der Waals surface area contributed by atoms with Crippen LogP contribution in [0.4, 0.5) is 29.3 Å². The van der Waals surface area contributed by atoms with Crippen LogP contribution in [0.25, 0.3) is 0 Å². The number of carboxylic acids is 1. The van der Waals surface area contributed by atoms with E-state index in [2.05, 4.69) is 10.1 Å². The smallest absolute Gasteiger partial charge is 0.496 e. The number of methoxy groups -OCH3 is 1. The van der Waals surface area contributed by atoms with Gasteiger partial charge >= 0.3 is 18.4 Å². The van der Waals surface area contributed by atoms with E-state index in [0.29, 0.717) is 11.4 Å². The number of anilines is 2. The Bertz CT molecular complexity index is 853. The Kier molecular flexibility index (Phi) is 6.34. The van der Waals surface area contributed by atoms with Gasteiger partial charge < -0.3 is 19.9 Å². The molecule has 2 N–H and O–H groups in total. The zero-order valence-corrected chi connectivity index (χ0v) is 14.9. The fourth-order valence-corrected chi connectivity index (χ4v) is 2.41. The Hall–Kier alpha value is -3.43. The van der Waals surface area contributed by atoms with Gasteiger partial charge in [-0.2, -0.15) is 0 Å². The number of benzene rings is 2. The van der Waals surface area contributed by atoms with Crippen LogP contribution >= 0.6 is 0 Å². The molecular formula is C18H17F3N2O5. The summed E-state index contributed by atoms with van der Waals surface area (Å²) < 4.78 is 45.5. The summed E-state index contributed by atoms with van der Waals surface area (Å²) in [5.74, 6) is -1.50. The average Bonchev–Trinajstić information content (AvgIpc) is 2.62. The maximum absolute atomic E-state index is 12.5. The molecule has 2 rings (SSSR count). The van der Waals surface area contributed by atoms with E-state index in [1.54, 1.807) is 6.92 Å². The van der Waals surface area contributed by atoms with Crippen molar-refractivity contribution in [2.45, 2.75) is 13.3 Å². The van der Waals surface area contributed by atoms with Crippen molar-refractivity contribution < 1.29 is 37.3 Å². The molecule has 2 amide bonds. The SMILES string of the molecule is CCN(C(=O)Nc1ccc(C(=O)O)c(OC)c1)c1ccc(OC(F)(F)F)cc1. The Morgan fingerprint density at radius 2 is 1.79 bits per heavy atom. The van der Waals surface area contributed by atoms with Gasteiger partial charge in [-0.1, -0.05) is 0 Å². The molecule has 0 aliphatic rings. The number of urea groups is 1. The van der Waals surface area contributed by atoms with E-state index in [0.717, 1.165) is 12.1 Å². The molecular weight excluding hydrogens is 381 g/mol. The van der Waals surface area contributed by atoms with Crippen LogP contribution in [-0.4, -0.2) is 37.1 Å². The summed E-state index contributed by atoms with van der Waals surface area (Å²) >= 11 is 0. The lowest BCUT2D eigenvalue weighted by atomic mass is 10.2. The van der Waals surface area contributed by atoms with Crippen molar-refractivity contribution >= 4 is 23.4 Å². The lowest BCUT2D eigenvalue weighted by Crippen LogP contribution is -2.34. The maximum atomic E-state index is 12.5. The van der Waals surface area contributed by atoms with E-state index in [-0.39, 0.29) is 17.9 Å². The first kappa shape index (κ1) is 20.9. The van der Waals surface area contributed by atoms with Crippen LogP contribution in [0.1, 0.15) is 17.3 Å². The number of amides is 2. The molecule has 0 atom stereocenters. The molecule has 0 aromatic heterocycles. The van der Waals surface area contributed by atoms with Crippen molar-refractivity contribution in [3.63, 3.8) is 0 Å². The largest absolute Gasteiger partial charge is 0.573 e. The fraction of sp³-hybridized carbons (Fsp3) is 0.222. The Morgan fingerprint density at radius 1 is 1.14 bits per heavy atom. The number of ether oxygens (including phenoxy) is 2. The monoisotopic (exact) mass is 398 g/mol. The van der Waals surface area contributed by atoms with Crippen molar-refractivity contribution in [1.29, 1.82) is 0 Å². The number of carbonyl (C=O) groups is 2. The minimum absolute atomic E-state index is 0.0619. The molecule has 0 spiro atoms. The van der Waals surface area contributed by atoms with E-state index in [1.807, 2.05) is 0 Å². The van der Waals surface area contributed by atoms with Crippen molar-refractivity contribution in [2.24, 2.45) is 0 Å². The standard InChI is InChI=1S/C18H17F3N2O5/c1-3-23(12-5-7-13(8-6-12)28-18(19,20)21)17(26)22-11-4-9-14(16(24)25)15(10-11)27-2/h4-10H,3H2,1-2H3,(H,22,26)(H,24,25). The normalized spacial score (nSPS) is 10.9. The molecule has 28 heavy (non-hydrogen) atoms. The van der Waals surface area contributed by atoms with E-state index >= 15 is 0 Å². The molecule has 0 saturated carbocycles. The van der Waals surface area contributed by atoms with Gasteiger partial charge in [0, 0.05) is 24.0 Å². The predicted octanol–water partition coefficient (Wildman–Crippen LogP) is 4.35. The van der Waals surface area contributed by atoms with Gasteiger partial charge in [0.15, 0.2) is 0 Å². The second-order valence-electron chi connectivity index (χ2n) is 5.44. The number of halogens is 3. The van der Waals surface area contributed by atoms with Gasteiger partial charge in [0.25, 0.3) is 0 Å². The van der Waals surface area contributed by atoms with Crippen LogP contribution in [-0.2, 0) is 0 Å². The first-order valence-electron chi connectivity index (χ1n) is 8.00. The lowest BCUT2D eigenvalue weighted by Gasteiger charge is -2.22. The van der Waals surface area contributed by atoms with Gasteiger partial charge in [0.2, 0.25) is 0 Å². The van der Waals surface area contributed by atoms with Gasteiger partial charge in [-0.15, -0.1) is 13.2 Å². The zero-order valence-electron chi connectivity index (χ0n) is 14.9. The van der Waals surface area contributed by atoms with Gasteiger partial charge in [-0.25, -0.2) is 9.59 Å². The zero-order chi connectivity index (χ0) is 20.9. The molecule has 0 bridgehead atoms. The summed E-state index contributed by atoms with van der Waals surface area (Å²) in [6.07, 6.45) is -4.80. The molecule has 2 aromatic carbocycles. The Labute approximate surface area is 158 Å². The highest BCUT2D eigenvalue weighted by Gasteiger charge is 2.31. The number of hydrogen-bond acceptors (Lipinski definition) is 4. The van der Waals surface area contributed by atoms with Crippen LogP contribution < -0.4 is 19.7 Å². The highest BCUT2D eigenvalue weighted by molar-refractivity contribution is 6.02. The molecule has 0 aliphatic heterocycles. The van der Waals surface area contributed by atoms with Crippen LogP contribution in [0.2, 0.25) is 0 Å². The molecule has 150 valence electrons. The Balaban J connectivity index is 2.16. The quantitative estimate of drug-likeness (QED) is 0.755. The molecule has 2 aromatic rings. The highest BCUT2D eigenvalue weighted by atomic mass is 19.4. The van der Waals surface area contributed by atoms with Crippen molar-refractivity contribution in [1.82, 2.24) is 0 Å². The average molecular weight is 398 g/mol. The third kappa shape index (κ3) is 5.29. The number of aromatic carboxylic acids is 1. The van der Waals surface area contributed by atoms with Gasteiger partial charge in [-0.05, 0) is 43.3 Å². The van der Waals surface area contributed by atoms with Crippen molar-refractivity contribution in [2.75, 3.05) is 23.9 Å². The van der Waals surface area contributed by atoms with E-state index in [1.165, 1.54) is 42.3 Å². The number of carbonyl (C=O) groups excluding carboxylic acids is 1. The number of alkyl halides is 3. The number of nitrogens with one attached hydrogen (secondary N) is 1. The highest BCUT2D eigenvalue weighted by Crippen LogP contribution is 2.27. The first-order valence-corrected chi connectivity index (χ1v) is 8.00. The number of hydrogen-bond donors (Lipinski definition) is 2. The van der Waals surface area contributed by atoms with Crippen LogP contribution in [0.5, 0.6) is 11.5 Å². The maximum Gasteiger partial charge on any atom is 0.573 e. The van der Waals surface area contributed by atoms with Gasteiger partial charge in [0.1, 0.15) is 17.1 Å². The molecule has 0 aliphatic carbocycles. The minimum atomic E-state index is -4.80. The van der Waals surface area contributed by atoms with E-state index < -0.39 is 24.1 Å². The summed E-state index contributed by atoms with van der Waals surface area (Å²) in [6, 6.07) is 8.32. The van der Waals surface area contributed by atoms with Crippen molar-refractivity contribution in [3.8, 4) is 11.5 Å². The van der Waals surface area contributed by atoms with Gasteiger partial charge in [0.05, 0.1) is 7.11 Å². The second kappa shape index (κ2) is 8.51. The summed E-state index contributed by atoms with van der Waals surface area (Å²) in [5, 5.41) is 11.7. The number of nitrogens with zero attached hydrogens (tertiary/aromatic N) is 1. The van der Waals surface area contributed by atoms with Crippen LogP contribution in [0.3, 0.4) is 0 Å². The summed E-state index contributed by atoms with van der Waals surface area (Å²) in [5.41, 5.74) is 0.582.